The summed E-state index contributed by atoms with van der Waals surface area (Å²) in [6, 6.07) is 8.17. The summed E-state index contributed by atoms with van der Waals surface area (Å²) in [4.78, 5) is 13.5. The van der Waals surface area contributed by atoms with Crippen LogP contribution in [-0.2, 0) is 11.3 Å². The fourth-order valence-electron chi connectivity index (χ4n) is 2.56. The minimum atomic E-state index is 0.313. The number of benzene rings is 1. The number of carbonyl (C=O) groups is 1. The van der Waals surface area contributed by atoms with E-state index in [1.54, 1.807) is 0 Å². The molecule has 1 aromatic rings. The first kappa shape index (κ1) is 15.8. The Bertz CT molecular complexity index is 448. The van der Waals surface area contributed by atoms with Crippen LogP contribution in [0.2, 0.25) is 0 Å². The third-order valence-electron chi connectivity index (χ3n) is 3.70. The summed E-state index contributed by atoms with van der Waals surface area (Å²) in [7, 11) is 0. The molecule has 4 nitrogen and oxygen atoms in total. The first-order chi connectivity index (χ1) is 10.3. The van der Waals surface area contributed by atoms with Gasteiger partial charge in [0.25, 0.3) is 0 Å². The second kappa shape index (κ2) is 8.67. The van der Waals surface area contributed by atoms with Crippen LogP contribution in [0.4, 0.5) is 0 Å². The van der Waals surface area contributed by atoms with E-state index in [-0.39, 0.29) is 0 Å². The van der Waals surface area contributed by atoms with E-state index in [0.717, 1.165) is 64.2 Å². The number of amides is 1. The number of hydrogen-bond acceptors (Lipinski definition) is 3. The van der Waals surface area contributed by atoms with Gasteiger partial charge in [0, 0.05) is 31.6 Å². The van der Waals surface area contributed by atoms with Crippen molar-refractivity contribution in [3.63, 3.8) is 0 Å². The zero-order valence-corrected chi connectivity index (χ0v) is 12.9. The molecule has 1 N–H and O–H groups in total. The number of nitrogens with zero attached hydrogens (tertiary/aromatic N) is 1. The zero-order valence-electron chi connectivity index (χ0n) is 12.9. The molecular weight excluding hydrogens is 264 g/mol. The van der Waals surface area contributed by atoms with E-state index in [9.17, 15) is 4.79 Å². The number of rotatable bonds is 9. The Balaban J connectivity index is 1.67. The number of carbonyl (C=O) groups excluding carboxylic acids is 1. The van der Waals surface area contributed by atoms with Gasteiger partial charge in [0.2, 0.25) is 5.91 Å². The Morgan fingerprint density at radius 3 is 2.95 bits per heavy atom. The Morgan fingerprint density at radius 1 is 1.33 bits per heavy atom. The van der Waals surface area contributed by atoms with Crippen molar-refractivity contribution in [2.45, 2.75) is 39.2 Å². The van der Waals surface area contributed by atoms with E-state index in [4.69, 9.17) is 4.74 Å². The molecule has 0 bridgehead atoms. The SMILES string of the molecule is CCCOc1ccccc1CNCCCN1CCCC1=O. The summed E-state index contributed by atoms with van der Waals surface area (Å²) in [5.41, 5.74) is 1.20. The Hall–Kier alpha value is -1.55. The lowest BCUT2D eigenvalue weighted by Crippen LogP contribution is -2.28. The molecule has 0 atom stereocenters. The van der Waals surface area contributed by atoms with Crippen LogP contribution >= 0.6 is 0 Å². The van der Waals surface area contributed by atoms with Crippen molar-refractivity contribution in [1.82, 2.24) is 10.2 Å². The van der Waals surface area contributed by atoms with E-state index < -0.39 is 0 Å². The number of nitrogens with one attached hydrogen (secondary N) is 1. The molecule has 0 radical (unpaired) electrons. The largest absolute Gasteiger partial charge is 0.493 e. The molecule has 0 saturated carbocycles. The van der Waals surface area contributed by atoms with Crippen LogP contribution in [0.5, 0.6) is 5.75 Å². The van der Waals surface area contributed by atoms with Crippen LogP contribution in [0.3, 0.4) is 0 Å². The maximum Gasteiger partial charge on any atom is 0.222 e. The molecule has 1 amide bonds. The lowest BCUT2D eigenvalue weighted by atomic mass is 10.2. The number of ether oxygens (including phenoxy) is 1. The Kier molecular flexibility index (Phi) is 6.54. The molecule has 21 heavy (non-hydrogen) atoms. The summed E-state index contributed by atoms with van der Waals surface area (Å²) < 4.78 is 5.75. The lowest BCUT2D eigenvalue weighted by molar-refractivity contribution is -0.127. The lowest BCUT2D eigenvalue weighted by Gasteiger charge is -2.15. The van der Waals surface area contributed by atoms with E-state index in [1.807, 2.05) is 23.1 Å². The van der Waals surface area contributed by atoms with E-state index in [2.05, 4.69) is 18.3 Å². The molecule has 1 heterocycles. The quantitative estimate of drug-likeness (QED) is 0.711. The maximum absolute atomic E-state index is 11.5. The van der Waals surface area contributed by atoms with Crippen molar-refractivity contribution in [3.8, 4) is 5.75 Å². The van der Waals surface area contributed by atoms with Crippen LogP contribution < -0.4 is 10.1 Å². The van der Waals surface area contributed by atoms with Crippen LogP contribution in [0.15, 0.2) is 24.3 Å². The van der Waals surface area contributed by atoms with Crippen LogP contribution in [0.25, 0.3) is 0 Å². The summed E-state index contributed by atoms with van der Waals surface area (Å²) >= 11 is 0. The molecular formula is C17H26N2O2. The van der Waals surface area contributed by atoms with E-state index in [0.29, 0.717) is 5.91 Å². The molecule has 4 heteroatoms. The minimum absolute atomic E-state index is 0.313. The first-order valence-electron chi connectivity index (χ1n) is 8.00. The van der Waals surface area contributed by atoms with E-state index in [1.165, 1.54) is 5.56 Å². The monoisotopic (exact) mass is 290 g/mol. The smallest absolute Gasteiger partial charge is 0.222 e. The van der Waals surface area contributed by atoms with Gasteiger partial charge in [0.1, 0.15) is 5.75 Å². The molecule has 0 unspecified atom stereocenters. The molecule has 1 aromatic carbocycles. The molecule has 2 rings (SSSR count). The average molecular weight is 290 g/mol. The summed E-state index contributed by atoms with van der Waals surface area (Å²) in [5, 5.41) is 3.44. The summed E-state index contributed by atoms with van der Waals surface area (Å²) in [5.74, 6) is 1.29. The Labute approximate surface area is 127 Å². The second-order valence-electron chi connectivity index (χ2n) is 5.47. The topological polar surface area (TPSA) is 41.6 Å². The third-order valence-corrected chi connectivity index (χ3v) is 3.70. The average Bonchev–Trinajstić information content (AvgIpc) is 2.91. The summed E-state index contributed by atoms with van der Waals surface area (Å²) in [6.07, 6.45) is 3.78. The highest BCUT2D eigenvalue weighted by atomic mass is 16.5. The number of likely N-dealkylation sites (tertiary alicyclic amines) is 1. The highest BCUT2D eigenvalue weighted by Gasteiger charge is 2.18. The van der Waals surface area contributed by atoms with Crippen molar-refractivity contribution in [2.24, 2.45) is 0 Å². The normalized spacial score (nSPS) is 14.7. The zero-order chi connectivity index (χ0) is 14.9. The fourth-order valence-corrected chi connectivity index (χ4v) is 2.56. The predicted octanol–water partition coefficient (Wildman–Crippen LogP) is 2.58. The highest BCUT2D eigenvalue weighted by Crippen LogP contribution is 2.17. The minimum Gasteiger partial charge on any atom is -0.493 e. The van der Waals surface area contributed by atoms with Gasteiger partial charge < -0.3 is 15.0 Å². The molecule has 1 aliphatic rings. The first-order valence-corrected chi connectivity index (χ1v) is 8.00. The highest BCUT2D eigenvalue weighted by molar-refractivity contribution is 5.77. The van der Waals surface area contributed by atoms with Crippen LogP contribution in [0.1, 0.15) is 38.2 Å². The van der Waals surface area contributed by atoms with Gasteiger partial charge in [-0.2, -0.15) is 0 Å². The summed E-state index contributed by atoms with van der Waals surface area (Å²) in [6.45, 7) is 6.42. The van der Waals surface area contributed by atoms with Gasteiger partial charge in [-0.3, -0.25) is 4.79 Å². The van der Waals surface area contributed by atoms with Gasteiger partial charge in [0.05, 0.1) is 6.61 Å². The molecule has 0 aromatic heterocycles. The number of hydrogen-bond donors (Lipinski definition) is 1. The van der Waals surface area contributed by atoms with Crippen molar-refractivity contribution < 1.29 is 9.53 Å². The molecule has 0 spiro atoms. The van der Waals surface area contributed by atoms with Crippen LogP contribution in [-0.4, -0.2) is 37.0 Å². The van der Waals surface area contributed by atoms with Crippen molar-refractivity contribution in [2.75, 3.05) is 26.2 Å². The van der Waals surface area contributed by atoms with Gasteiger partial charge in [0.15, 0.2) is 0 Å². The maximum atomic E-state index is 11.5. The predicted molar refractivity (Wildman–Crippen MR) is 84.4 cm³/mol. The van der Waals surface area contributed by atoms with Gasteiger partial charge in [-0.15, -0.1) is 0 Å². The fraction of sp³-hybridized carbons (Fsp3) is 0.588. The van der Waals surface area contributed by atoms with Gasteiger partial charge in [-0.05, 0) is 31.9 Å². The van der Waals surface area contributed by atoms with Crippen molar-refractivity contribution in [3.05, 3.63) is 29.8 Å². The molecule has 1 fully saturated rings. The second-order valence-corrected chi connectivity index (χ2v) is 5.47. The number of para-hydroxylation sites is 1. The van der Waals surface area contributed by atoms with Gasteiger partial charge in [-0.1, -0.05) is 25.1 Å². The molecule has 1 aliphatic heterocycles. The van der Waals surface area contributed by atoms with E-state index >= 15 is 0 Å². The molecule has 116 valence electrons. The van der Waals surface area contributed by atoms with Crippen molar-refractivity contribution >= 4 is 5.91 Å². The standard InChI is InChI=1S/C17H26N2O2/c1-2-13-21-16-8-4-3-7-15(16)14-18-10-6-12-19-11-5-9-17(19)20/h3-4,7-8,18H,2,5-6,9-14H2,1H3. The van der Waals surface area contributed by atoms with Crippen LogP contribution in [0, 0.1) is 0 Å². The van der Waals surface area contributed by atoms with Gasteiger partial charge in [-0.25, -0.2) is 0 Å². The molecule has 0 aliphatic carbocycles. The van der Waals surface area contributed by atoms with Crippen molar-refractivity contribution in [1.29, 1.82) is 0 Å². The Morgan fingerprint density at radius 2 is 2.19 bits per heavy atom. The third kappa shape index (κ3) is 5.05. The molecule has 1 saturated heterocycles. The van der Waals surface area contributed by atoms with Gasteiger partial charge >= 0.3 is 0 Å².